The summed E-state index contributed by atoms with van der Waals surface area (Å²) in [4.78, 5) is 30.7. The van der Waals surface area contributed by atoms with Gasteiger partial charge in [0.15, 0.2) is 0 Å². The van der Waals surface area contributed by atoms with Crippen LogP contribution in [0.2, 0.25) is 5.02 Å². The van der Waals surface area contributed by atoms with Gasteiger partial charge in [0, 0.05) is 55.2 Å². The second-order valence-electron chi connectivity index (χ2n) is 8.61. The minimum Gasteiger partial charge on any atom is -0.357 e. The maximum Gasteiger partial charge on any atom is 0.230 e. The number of benzene rings is 1. The second kappa shape index (κ2) is 8.94. The van der Waals surface area contributed by atoms with E-state index in [2.05, 4.69) is 21.8 Å². The number of nitrogens with one attached hydrogen (secondary N) is 1. The lowest BCUT2D eigenvalue weighted by Gasteiger charge is -2.35. The van der Waals surface area contributed by atoms with Crippen LogP contribution in [0.4, 0.5) is 11.5 Å². The number of amides is 1. The highest BCUT2D eigenvalue weighted by Crippen LogP contribution is 2.38. The fourth-order valence-corrected chi connectivity index (χ4v) is 5.02. The Morgan fingerprint density at radius 1 is 1.19 bits per heavy atom. The largest absolute Gasteiger partial charge is 0.357 e. The lowest BCUT2D eigenvalue weighted by molar-refractivity contribution is -0.123. The molecule has 2 aromatic heterocycles. The van der Waals surface area contributed by atoms with Crippen molar-refractivity contribution >= 4 is 29.0 Å². The first-order valence-electron chi connectivity index (χ1n) is 11.5. The molecule has 0 bridgehead atoms. The molecule has 166 valence electrons. The second-order valence-corrected chi connectivity index (χ2v) is 9.04. The van der Waals surface area contributed by atoms with Gasteiger partial charge in [-0.05, 0) is 49.6 Å². The van der Waals surface area contributed by atoms with E-state index in [4.69, 9.17) is 16.6 Å². The molecule has 2 aliphatic heterocycles. The van der Waals surface area contributed by atoms with Gasteiger partial charge in [0.05, 0.1) is 17.1 Å². The average Bonchev–Trinajstić information content (AvgIpc) is 3.17. The Bertz CT molecular complexity index is 1100. The molecule has 6 nitrogen and oxygen atoms in total. The molecular weight excluding hydrogens is 422 g/mol. The molecule has 32 heavy (non-hydrogen) atoms. The van der Waals surface area contributed by atoms with Gasteiger partial charge < -0.3 is 14.8 Å². The zero-order valence-electron chi connectivity index (χ0n) is 18.4. The van der Waals surface area contributed by atoms with E-state index in [0.29, 0.717) is 11.6 Å². The van der Waals surface area contributed by atoms with Gasteiger partial charge in [-0.3, -0.25) is 4.79 Å². The van der Waals surface area contributed by atoms with Gasteiger partial charge in [-0.2, -0.15) is 0 Å². The standard InChI is InChI=1S/C25H28ClN5O/c1-2-5-22-28-20-11-15-31(21-8-7-18(26)16-19(21)24(20)29-22)25(32)17-9-13-30(14-10-17)23-6-3-4-12-27-23/h3-4,6-8,12,16-17H,2,5,9-11,13-15H2,1H3,(H,28,29). The number of aryl methyl sites for hydroxylation is 1. The Hall–Kier alpha value is -2.86. The molecule has 0 aliphatic carbocycles. The van der Waals surface area contributed by atoms with E-state index in [-0.39, 0.29) is 11.8 Å². The Morgan fingerprint density at radius 2 is 2.03 bits per heavy atom. The van der Waals surface area contributed by atoms with Crippen molar-refractivity contribution in [2.24, 2.45) is 5.92 Å². The number of aromatic amines is 1. The summed E-state index contributed by atoms with van der Waals surface area (Å²) in [5.74, 6) is 2.21. The molecular formula is C25H28ClN5O. The monoisotopic (exact) mass is 449 g/mol. The number of aromatic nitrogens is 3. The first-order chi connectivity index (χ1) is 15.6. The molecule has 0 unspecified atom stereocenters. The van der Waals surface area contributed by atoms with Crippen LogP contribution in [0.25, 0.3) is 11.3 Å². The first kappa shape index (κ1) is 21.0. The van der Waals surface area contributed by atoms with Gasteiger partial charge >= 0.3 is 0 Å². The fourth-order valence-electron chi connectivity index (χ4n) is 4.85. The Balaban J connectivity index is 1.38. The third-order valence-corrected chi connectivity index (χ3v) is 6.72. The number of carbonyl (C=O) groups excluding carboxylic acids is 1. The van der Waals surface area contributed by atoms with Crippen LogP contribution in [0, 0.1) is 5.92 Å². The van der Waals surface area contributed by atoms with Gasteiger partial charge in [0.25, 0.3) is 0 Å². The third-order valence-electron chi connectivity index (χ3n) is 6.49. The number of pyridine rings is 1. The molecule has 3 aromatic rings. The molecule has 0 spiro atoms. The van der Waals surface area contributed by atoms with E-state index in [9.17, 15) is 4.79 Å². The molecule has 2 aliphatic rings. The highest BCUT2D eigenvalue weighted by Gasteiger charge is 2.33. The summed E-state index contributed by atoms with van der Waals surface area (Å²) in [6.45, 7) is 4.47. The van der Waals surface area contributed by atoms with Crippen LogP contribution in [0.5, 0.6) is 0 Å². The van der Waals surface area contributed by atoms with Crippen LogP contribution in [-0.4, -0.2) is 40.5 Å². The lowest BCUT2D eigenvalue weighted by Crippen LogP contribution is -2.43. The third kappa shape index (κ3) is 3.99. The fraction of sp³-hybridized carbons (Fsp3) is 0.400. The zero-order valence-corrected chi connectivity index (χ0v) is 19.1. The summed E-state index contributed by atoms with van der Waals surface area (Å²) in [7, 11) is 0. The van der Waals surface area contributed by atoms with Crippen LogP contribution in [0.1, 0.15) is 37.7 Å². The lowest BCUT2D eigenvalue weighted by atomic mass is 9.94. The molecule has 7 heteroatoms. The predicted molar refractivity (Wildman–Crippen MR) is 128 cm³/mol. The molecule has 1 saturated heterocycles. The summed E-state index contributed by atoms with van der Waals surface area (Å²) >= 11 is 6.37. The number of piperidine rings is 1. The van der Waals surface area contributed by atoms with Crippen molar-refractivity contribution in [3.05, 3.63) is 59.1 Å². The number of halogens is 1. The van der Waals surface area contributed by atoms with Crippen LogP contribution >= 0.6 is 11.6 Å². The Morgan fingerprint density at radius 3 is 2.78 bits per heavy atom. The summed E-state index contributed by atoms with van der Waals surface area (Å²) in [6, 6.07) is 11.8. The molecule has 0 radical (unpaired) electrons. The first-order valence-corrected chi connectivity index (χ1v) is 11.9. The topological polar surface area (TPSA) is 65.1 Å². The van der Waals surface area contributed by atoms with E-state index in [0.717, 1.165) is 79.5 Å². The van der Waals surface area contributed by atoms with Crippen LogP contribution in [-0.2, 0) is 17.6 Å². The van der Waals surface area contributed by atoms with Gasteiger partial charge in [-0.25, -0.2) is 9.97 Å². The number of anilines is 2. The van der Waals surface area contributed by atoms with Crippen molar-refractivity contribution in [3.63, 3.8) is 0 Å². The highest BCUT2D eigenvalue weighted by molar-refractivity contribution is 6.31. The number of imidazole rings is 1. The summed E-state index contributed by atoms with van der Waals surface area (Å²) in [6.07, 6.45) is 6.18. The highest BCUT2D eigenvalue weighted by atomic mass is 35.5. The molecule has 0 atom stereocenters. The van der Waals surface area contributed by atoms with Gasteiger partial charge in [-0.15, -0.1) is 0 Å². The summed E-state index contributed by atoms with van der Waals surface area (Å²) in [5, 5.41) is 0.666. The Kier molecular flexibility index (Phi) is 5.87. The van der Waals surface area contributed by atoms with E-state index in [1.807, 2.05) is 47.5 Å². The maximum atomic E-state index is 13.7. The zero-order chi connectivity index (χ0) is 22.1. The van der Waals surface area contributed by atoms with E-state index in [1.165, 1.54) is 0 Å². The molecule has 1 fully saturated rings. The van der Waals surface area contributed by atoms with Crippen LogP contribution in [0.15, 0.2) is 42.6 Å². The summed E-state index contributed by atoms with van der Waals surface area (Å²) in [5.41, 5.74) is 3.93. The minimum absolute atomic E-state index is 0.0125. The van der Waals surface area contributed by atoms with Crippen molar-refractivity contribution in [1.82, 2.24) is 15.0 Å². The molecule has 4 heterocycles. The van der Waals surface area contributed by atoms with Crippen LogP contribution < -0.4 is 9.80 Å². The van der Waals surface area contributed by atoms with Crippen molar-refractivity contribution in [2.45, 2.75) is 39.0 Å². The normalized spacial score (nSPS) is 16.4. The van der Waals surface area contributed by atoms with E-state index >= 15 is 0 Å². The number of nitrogens with zero attached hydrogens (tertiary/aromatic N) is 4. The number of hydrogen-bond donors (Lipinski definition) is 1. The molecule has 0 saturated carbocycles. The average molecular weight is 450 g/mol. The van der Waals surface area contributed by atoms with Gasteiger partial charge in [0.1, 0.15) is 11.6 Å². The van der Waals surface area contributed by atoms with Crippen LogP contribution in [0.3, 0.4) is 0 Å². The van der Waals surface area contributed by atoms with E-state index in [1.54, 1.807) is 0 Å². The van der Waals surface area contributed by atoms with Crippen molar-refractivity contribution in [2.75, 3.05) is 29.4 Å². The number of rotatable bonds is 4. The number of H-pyrrole nitrogens is 1. The van der Waals surface area contributed by atoms with E-state index < -0.39 is 0 Å². The summed E-state index contributed by atoms with van der Waals surface area (Å²) < 4.78 is 0. The SMILES string of the molecule is CCCc1nc2c([nH]1)-c1cc(Cl)ccc1N(C(=O)C1CCN(c3ccccn3)CC1)CC2. The molecule has 5 rings (SSSR count). The predicted octanol–water partition coefficient (Wildman–Crippen LogP) is 4.88. The number of carbonyl (C=O) groups is 1. The quantitative estimate of drug-likeness (QED) is 0.616. The number of fused-ring (bicyclic) bond motifs is 3. The molecule has 1 amide bonds. The molecule has 1 aromatic carbocycles. The smallest absolute Gasteiger partial charge is 0.230 e. The van der Waals surface area contributed by atoms with Gasteiger partial charge in [0.2, 0.25) is 5.91 Å². The van der Waals surface area contributed by atoms with Gasteiger partial charge in [-0.1, -0.05) is 24.6 Å². The maximum absolute atomic E-state index is 13.7. The van der Waals surface area contributed by atoms with Crippen molar-refractivity contribution in [1.29, 1.82) is 0 Å². The van der Waals surface area contributed by atoms with Crippen molar-refractivity contribution in [3.8, 4) is 11.3 Å². The minimum atomic E-state index is 0.0125. The van der Waals surface area contributed by atoms with Crippen molar-refractivity contribution < 1.29 is 4.79 Å². The number of hydrogen-bond acceptors (Lipinski definition) is 4. The molecule has 1 N–H and O–H groups in total. The Labute approximate surface area is 193 Å².